The van der Waals surface area contributed by atoms with E-state index in [1.165, 1.54) is 6.07 Å². The third-order valence-corrected chi connectivity index (χ3v) is 1.44. The fraction of sp³-hybridized carbons (Fsp3) is 0.125. The number of hydrogen-bond donors (Lipinski definition) is 0. The largest absolute Gasteiger partial charge is 0.477 e. The Kier molecular flexibility index (Phi) is 3.11. The summed E-state index contributed by atoms with van der Waals surface area (Å²) in [5.74, 6) is -1.37. The van der Waals surface area contributed by atoms with Crippen molar-refractivity contribution in [1.29, 1.82) is 0 Å². The molecule has 0 aliphatic carbocycles. The Morgan fingerprint density at radius 1 is 1.57 bits per heavy atom. The molecular formula is C8H6FNO4. The molecule has 0 fully saturated rings. The number of carbonyl (C=O) groups excluding carboxylic acids is 1. The maximum absolute atomic E-state index is 13.0. The Morgan fingerprint density at radius 2 is 2.29 bits per heavy atom. The molecule has 0 aliphatic rings. The minimum Gasteiger partial charge on any atom is -0.477 e. The molecule has 0 unspecified atom stereocenters. The van der Waals surface area contributed by atoms with Crippen LogP contribution in [-0.4, -0.2) is 17.8 Å². The summed E-state index contributed by atoms with van der Waals surface area (Å²) >= 11 is 0. The number of rotatable bonds is 4. The first kappa shape index (κ1) is 10.1. The molecule has 0 atom stereocenters. The molecule has 0 bridgehead atoms. The van der Waals surface area contributed by atoms with Gasteiger partial charge in [-0.25, -0.2) is 4.39 Å². The molecule has 1 aromatic rings. The second kappa shape index (κ2) is 4.31. The van der Waals surface area contributed by atoms with E-state index in [0.717, 1.165) is 12.1 Å². The zero-order valence-corrected chi connectivity index (χ0v) is 6.97. The number of nitrogens with zero attached hydrogens (tertiary/aromatic N) is 1. The van der Waals surface area contributed by atoms with Gasteiger partial charge in [-0.3, -0.25) is 14.9 Å². The quantitative estimate of drug-likeness (QED) is 0.416. The molecule has 0 N–H and O–H groups in total. The highest BCUT2D eigenvalue weighted by Gasteiger charge is 2.18. The predicted octanol–water partition coefficient (Wildman–Crippen LogP) is 1.31. The van der Waals surface area contributed by atoms with Gasteiger partial charge in [0.05, 0.1) is 4.92 Å². The first-order valence-corrected chi connectivity index (χ1v) is 3.66. The highest BCUT2D eigenvalue weighted by Crippen LogP contribution is 2.29. The summed E-state index contributed by atoms with van der Waals surface area (Å²) in [6.07, 6.45) is 0.385. The van der Waals surface area contributed by atoms with Crippen molar-refractivity contribution in [2.75, 3.05) is 6.61 Å². The zero-order valence-electron chi connectivity index (χ0n) is 6.97. The number of halogens is 1. The van der Waals surface area contributed by atoms with Crippen LogP contribution in [0.3, 0.4) is 0 Å². The predicted molar refractivity (Wildman–Crippen MR) is 44.6 cm³/mol. The third-order valence-electron chi connectivity index (χ3n) is 1.44. The number of nitro groups is 1. The van der Waals surface area contributed by atoms with Crippen molar-refractivity contribution < 1.29 is 18.8 Å². The fourth-order valence-electron chi connectivity index (χ4n) is 0.901. The normalized spacial score (nSPS) is 9.50. The van der Waals surface area contributed by atoms with Crippen molar-refractivity contribution in [3.63, 3.8) is 0 Å². The molecule has 74 valence electrons. The lowest BCUT2D eigenvalue weighted by atomic mass is 10.3. The lowest BCUT2D eigenvalue weighted by Crippen LogP contribution is -2.03. The molecule has 0 saturated carbocycles. The second-order valence-corrected chi connectivity index (χ2v) is 2.32. The Hall–Kier alpha value is -1.98. The lowest BCUT2D eigenvalue weighted by molar-refractivity contribution is -0.386. The van der Waals surface area contributed by atoms with Crippen LogP contribution in [0, 0.1) is 15.9 Å². The molecular weight excluding hydrogens is 193 g/mol. The molecule has 0 aliphatic heterocycles. The third kappa shape index (κ3) is 2.03. The maximum Gasteiger partial charge on any atom is 0.314 e. The van der Waals surface area contributed by atoms with Crippen LogP contribution in [-0.2, 0) is 4.79 Å². The van der Waals surface area contributed by atoms with Gasteiger partial charge in [0, 0.05) is 6.07 Å². The molecule has 14 heavy (non-hydrogen) atoms. The van der Waals surface area contributed by atoms with Crippen LogP contribution >= 0.6 is 0 Å². The van der Waals surface area contributed by atoms with Gasteiger partial charge in [-0.15, -0.1) is 0 Å². The fourth-order valence-corrected chi connectivity index (χ4v) is 0.901. The summed E-state index contributed by atoms with van der Waals surface area (Å²) in [6, 6.07) is 3.32. The number of aldehydes is 1. The molecule has 0 heterocycles. The standard InChI is InChI=1S/C8H6FNO4/c9-6-2-1-3-7(10(12)13)8(6)14-5-4-11/h1-4H,5H2. The number of carbonyl (C=O) groups is 1. The molecule has 6 heteroatoms. The van der Waals surface area contributed by atoms with Gasteiger partial charge in [-0.1, -0.05) is 6.07 Å². The Labute approximate surface area is 78.3 Å². The van der Waals surface area contributed by atoms with E-state index in [9.17, 15) is 19.3 Å². The van der Waals surface area contributed by atoms with E-state index >= 15 is 0 Å². The minimum atomic E-state index is -0.860. The zero-order chi connectivity index (χ0) is 10.6. The topological polar surface area (TPSA) is 69.4 Å². The van der Waals surface area contributed by atoms with Crippen molar-refractivity contribution in [2.45, 2.75) is 0 Å². The van der Waals surface area contributed by atoms with Crippen LogP contribution in [0.1, 0.15) is 0 Å². The summed E-state index contributed by atoms with van der Waals surface area (Å²) in [5, 5.41) is 10.4. The van der Waals surface area contributed by atoms with Crippen molar-refractivity contribution in [3.8, 4) is 5.75 Å². The monoisotopic (exact) mass is 199 g/mol. The molecule has 5 nitrogen and oxygen atoms in total. The molecule has 0 aromatic heterocycles. The van der Waals surface area contributed by atoms with Crippen LogP contribution in [0.2, 0.25) is 0 Å². The molecule has 0 radical (unpaired) electrons. The highest BCUT2D eigenvalue weighted by atomic mass is 19.1. The van der Waals surface area contributed by atoms with Crippen LogP contribution in [0.5, 0.6) is 5.75 Å². The SMILES string of the molecule is O=CCOc1c(F)cccc1[N+](=O)[O-]. The number of para-hydroxylation sites is 1. The van der Waals surface area contributed by atoms with Crippen LogP contribution < -0.4 is 4.74 Å². The van der Waals surface area contributed by atoms with E-state index in [1.54, 1.807) is 0 Å². The van der Waals surface area contributed by atoms with E-state index < -0.39 is 28.8 Å². The van der Waals surface area contributed by atoms with Gasteiger partial charge in [0.15, 0.2) is 12.1 Å². The average Bonchev–Trinajstić information content (AvgIpc) is 2.15. The summed E-state index contributed by atoms with van der Waals surface area (Å²) in [5.41, 5.74) is -0.494. The molecule has 1 aromatic carbocycles. The Morgan fingerprint density at radius 3 is 2.86 bits per heavy atom. The van der Waals surface area contributed by atoms with Gasteiger partial charge in [0.2, 0.25) is 5.75 Å². The van der Waals surface area contributed by atoms with Gasteiger partial charge in [0.25, 0.3) is 0 Å². The molecule has 0 amide bonds. The summed E-state index contributed by atoms with van der Waals surface area (Å²) in [7, 11) is 0. The first-order chi connectivity index (χ1) is 6.66. The van der Waals surface area contributed by atoms with Crippen molar-refractivity contribution in [3.05, 3.63) is 34.1 Å². The summed E-state index contributed by atoms with van der Waals surface area (Å²) in [4.78, 5) is 19.6. The summed E-state index contributed by atoms with van der Waals surface area (Å²) < 4.78 is 17.6. The van der Waals surface area contributed by atoms with Gasteiger partial charge < -0.3 is 4.74 Å². The van der Waals surface area contributed by atoms with Gasteiger partial charge >= 0.3 is 5.69 Å². The van der Waals surface area contributed by atoms with Crippen molar-refractivity contribution in [1.82, 2.24) is 0 Å². The van der Waals surface area contributed by atoms with Crippen LogP contribution in [0.15, 0.2) is 18.2 Å². The summed E-state index contributed by atoms with van der Waals surface area (Å²) in [6.45, 7) is -0.415. The number of ether oxygens (including phenoxy) is 1. The average molecular weight is 199 g/mol. The van der Waals surface area contributed by atoms with Crippen LogP contribution in [0.4, 0.5) is 10.1 Å². The Bertz CT molecular complexity index is 366. The van der Waals surface area contributed by atoms with Crippen molar-refractivity contribution >= 4 is 12.0 Å². The van der Waals surface area contributed by atoms with Gasteiger partial charge in [-0.05, 0) is 6.07 Å². The number of benzene rings is 1. The first-order valence-electron chi connectivity index (χ1n) is 3.66. The van der Waals surface area contributed by atoms with E-state index in [2.05, 4.69) is 4.74 Å². The smallest absolute Gasteiger partial charge is 0.314 e. The second-order valence-electron chi connectivity index (χ2n) is 2.32. The number of nitro benzene ring substituents is 1. The maximum atomic E-state index is 13.0. The van der Waals surface area contributed by atoms with E-state index in [0.29, 0.717) is 6.29 Å². The van der Waals surface area contributed by atoms with Crippen molar-refractivity contribution in [2.24, 2.45) is 0 Å². The molecule has 0 spiro atoms. The number of hydrogen-bond acceptors (Lipinski definition) is 4. The van der Waals surface area contributed by atoms with Crippen LogP contribution in [0.25, 0.3) is 0 Å². The lowest BCUT2D eigenvalue weighted by Gasteiger charge is -2.03. The highest BCUT2D eigenvalue weighted by molar-refractivity contribution is 5.53. The van der Waals surface area contributed by atoms with E-state index in [1.807, 2.05) is 0 Å². The minimum absolute atomic E-state index is 0.385. The Balaban J connectivity index is 3.08. The van der Waals surface area contributed by atoms with E-state index in [-0.39, 0.29) is 0 Å². The van der Waals surface area contributed by atoms with Gasteiger partial charge in [0.1, 0.15) is 6.61 Å². The molecule has 0 saturated heterocycles. The van der Waals surface area contributed by atoms with E-state index in [4.69, 9.17) is 0 Å². The van der Waals surface area contributed by atoms with Gasteiger partial charge in [-0.2, -0.15) is 0 Å². The molecule has 1 rings (SSSR count).